The lowest BCUT2D eigenvalue weighted by molar-refractivity contribution is -0.123. The Bertz CT molecular complexity index is 1170. The van der Waals surface area contributed by atoms with Crippen molar-refractivity contribution in [3.63, 3.8) is 0 Å². The number of allylic oxidation sites excluding steroid dienone is 2. The predicted octanol–water partition coefficient (Wildman–Crippen LogP) is 3.57. The van der Waals surface area contributed by atoms with Gasteiger partial charge >= 0.3 is 5.97 Å². The normalized spacial score (nSPS) is 25.7. The van der Waals surface area contributed by atoms with Crippen LogP contribution in [0.15, 0.2) is 60.2 Å². The third-order valence-corrected chi connectivity index (χ3v) is 6.74. The minimum Gasteiger partial charge on any atom is -0.454 e. The second-order valence-electron chi connectivity index (χ2n) is 8.53. The van der Waals surface area contributed by atoms with E-state index < -0.39 is 24.2 Å². The standard InChI is InChI=1S/C25H20FNO5/c1-13-10-16-11-19(13)22-21(16)23(29)27(24(22)30)18-8-4-15(5-9-18)25(31)32-12-20(28)14-2-6-17(26)7-3-14/h2-10,16,19,21-22H,11-12H2,1H3/t16-,19+,21-,22-/m0/s1. The quantitative estimate of drug-likeness (QED) is 0.312. The molecule has 2 amide bonds. The van der Waals surface area contributed by atoms with Crippen LogP contribution >= 0.6 is 0 Å². The second-order valence-corrected chi connectivity index (χ2v) is 8.53. The molecule has 0 aromatic heterocycles. The number of ketones is 1. The molecule has 2 fully saturated rings. The van der Waals surface area contributed by atoms with Gasteiger partial charge in [0.1, 0.15) is 5.82 Å². The summed E-state index contributed by atoms with van der Waals surface area (Å²) in [6, 6.07) is 11.0. The van der Waals surface area contributed by atoms with Crippen molar-refractivity contribution in [3.05, 3.63) is 77.1 Å². The molecule has 2 aromatic carbocycles. The van der Waals surface area contributed by atoms with Crippen molar-refractivity contribution in [2.24, 2.45) is 23.7 Å². The third kappa shape index (κ3) is 3.16. The minimum absolute atomic E-state index is 0.124. The van der Waals surface area contributed by atoms with Crippen molar-refractivity contribution < 1.29 is 28.3 Å². The van der Waals surface area contributed by atoms with E-state index >= 15 is 0 Å². The molecule has 4 atom stereocenters. The van der Waals surface area contributed by atoms with Gasteiger partial charge in [-0.1, -0.05) is 11.6 Å². The van der Waals surface area contributed by atoms with Crippen molar-refractivity contribution in [1.82, 2.24) is 0 Å². The Labute approximate surface area is 183 Å². The first-order valence-electron chi connectivity index (χ1n) is 10.5. The number of imide groups is 1. The fourth-order valence-corrected chi connectivity index (χ4v) is 5.21. The predicted molar refractivity (Wildman–Crippen MR) is 112 cm³/mol. The van der Waals surface area contributed by atoms with Gasteiger partial charge in [0.2, 0.25) is 11.8 Å². The first-order valence-corrected chi connectivity index (χ1v) is 10.5. The molecule has 0 radical (unpaired) electrons. The number of hydrogen-bond acceptors (Lipinski definition) is 5. The Kier molecular flexibility index (Phi) is 4.77. The highest BCUT2D eigenvalue weighted by Gasteiger charge is 2.60. The minimum atomic E-state index is -0.708. The smallest absolute Gasteiger partial charge is 0.338 e. The van der Waals surface area contributed by atoms with Crippen molar-refractivity contribution in [1.29, 1.82) is 0 Å². The van der Waals surface area contributed by atoms with E-state index in [1.165, 1.54) is 46.9 Å². The van der Waals surface area contributed by atoms with Gasteiger partial charge < -0.3 is 4.74 Å². The molecule has 2 bridgehead atoms. The molecule has 0 N–H and O–H groups in total. The summed E-state index contributed by atoms with van der Waals surface area (Å²) in [4.78, 5) is 51.6. The lowest BCUT2D eigenvalue weighted by atomic mass is 9.82. The van der Waals surface area contributed by atoms with Gasteiger partial charge in [-0.3, -0.25) is 19.3 Å². The monoisotopic (exact) mass is 433 g/mol. The molecule has 7 heteroatoms. The number of amides is 2. The Morgan fingerprint density at radius 3 is 2.28 bits per heavy atom. The maximum absolute atomic E-state index is 13.0. The number of rotatable bonds is 5. The molecular weight excluding hydrogens is 413 g/mol. The summed E-state index contributed by atoms with van der Waals surface area (Å²) in [5.41, 5.74) is 2.04. The fourth-order valence-electron chi connectivity index (χ4n) is 5.21. The van der Waals surface area contributed by atoms with Crippen molar-refractivity contribution in [2.75, 3.05) is 11.5 Å². The number of nitrogens with zero attached hydrogens (tertiary/aromatic N) is 1. The SMILES string of the molecule is CC1=C[C@H]2C[C@H]1[C@@H]1C(=O)N(c3ccc(C(=O)OCC(=O)c4ccc(F)cc4)cc3)C(=O)[C@H]12. The molecule has 0 spiro atoms. The zero-order chi connectivity index (χ0) is 22.6. The first kappa shape index (κ1) is 20.3. The average molecular weight is 433 g/mol. The molecule has 2 aromatic rings. The number of carbonyl (C=O) groups excluding carboxylic acids is 4. The molecule has 1 saturated carbocycles. The van der Waals surface area contributed by atoms with E-state index in [-0.39, 0.29) is 46.6 Å². The zero-order valence-corrected chi connectivity index (χ0v) is 17.3. The number of carbonyl (C=O) groups is 4. The van der Waals surface area contributed by atoms with E-state index in [2.05, 4.69) is 6.08 Å². The zero-order valence-electron chi connectivity index (χ0n) is 17.3. The van der Waals surface area contributed by atoms with E-state index in [1.807, 2.05) is 6.92 Å². The van der Waals surface area contributed by atoms with Crippen LogP contribution < -0.4 is 4.90 Å². The van der Waals surface area contributed by atoms with Crippen LogP contribution in [-0.2, 0) is 14.3 Å². The third-order valence-electron chi connectivity index (χ3n) is 6.74. The van der Waals surface area contributed by atoms with E-state index in [0.717, 1.165) is 18.6 Å². The van der Waals surface area contributed by atoms with Gasteiger partial charge in [-0.2, -0.15) is 0 Å². The van der Waals surface area contributed by atoms with Crippen LogP contribution in [0.3, 0.4) is 0 Å². The highest BCUT2D eigenvalue weighted by molar-refractivity contribution is 6.23. The maximum atomic E-state index is 13.0. The van der Waals surface area contributed by atoms with E-state index in [0.29, 0.717) is 5.69 Å². The summed E-state index contributed by atoms with van der Waals surface area (Å²) >= 11 is 0. The van der Waals surface area contributed by atoms with Gasteiger partial charge in [0.05, 0.1) is 23.1 Å². The maximum Gasteiger partial charge on any atom is 0.338 e. The molecule has 162 valence electrons. The highest BCUT2D eigenvalue weighted by Crippen LogP contribution is 2.55. The van der Waals surface area contributed by atoms with E-state index in [4.69, 9.17) is 4.74 Å². The number of anilines is 1. The summed E-state index contributed by atoms with van der Waals surface area (Å²) in [6.07, 6.45) is 2.99. The summed E-state index contributed by atoms with van der Waals surface area (Å²) in [5, 5.41) is 0. The van der Waals surface area contributed by atoms with Gasteiger partial charge in [-0.05, 0) is 73.7 Å². The van der Waals surface area contributed by atoms with Crippen molar-refractivity contribution in [3.8, 4) is 0 Å². The number of halogens is 1. The van der Waals surface area contributed by atoms with Crippen LogP contribution in [0.5, 0.6) is 0 Å². The van der Waals surface area contributed by atoms with Crippen LogP contribution in [0.1, 0.15) is 34.1 Å². The molecule has 6 nitrogen and oxygen atoms in total. The Hall–Kier alpha value is -3.61. The summed E-state index contributed by atoms with van der Waals surface area (Å²) < 4.78 is 18.0. The molecule has 3 aliphatic rings. The lowest BCUT2D eigenvalue weighted by Crippen LogP contribution is -2.32. The molecule has 32 heavy (non-hydrogen) atoms. The number of benzene rings is 2. The molecular formula is C25H20FNO5. The Morgan fingerprint density at radius 2 is 1.59 bits per heavy atom. The fraction of sp³-hybridized carbons (Fsp3) is 0.280. The molecule has 2 aliphatic carbocycles. The number of fused-ring (bicyclic) bond motifs is 5. The topological polar surface area (TPSA) is 80.8 Å². The van der Waals surface area contributed by atoms with Crippen LogP contribution in [0.25, 0.3) is 0 Å². The van der Waals surface area contributed by atoms with Crippen LogP contribution in [-0.4, -0.2) is 30.2 Å². The summed E-state index contributed by atoms with van der Waals surface area (Å²) in [6.45, 7) is 1.54. The first-order chi connectivity index (χ1) is 15.3. The second kappa shape index (κ2) is 7.51. The molecule has 0 unspecified atom stereocenters. The van der Waals surface area contributed by atoms with Crippen molar-refractivity contribution in [2.45, 2.75) is 13.3 Å². The number of esters is 1. The van der Waals surface area contributed by atoms with E-state index in [1.54, 1.807) is 0 Å². The van der Waals surface area contributed by atoms with Crippen LogP contribution in [0.2, 0.25) is 0 Å². The molecule has 5 rings (SSSR count). The largest absolute Gasteiger partial charge is 0.454 e. The van der Waals surface area contributed by atoms with Crippen molar-refractivity contribution >= 4 is 29.3 Å². The summed E-state index contributed by atoms with van der Waals surface area (Å²) in [7, 11) is 0. The van der Waals surface area contributed by atoms with Gasteiger partial charge in [-0.25, -0.2) is 9.18 Å². The van der Waals surface area contributed by atoms with Gasteiger partial charge in [0.25, 0.3) is 0 Å². The lowest BCUT2D eigenvalue weighted by Gasteiger charge is -2.19. The highest BCUT2D eigenvalue weighted by atomic mass is 19.1. The van der Waals surface area contributed by atoms with Crippen LogP contribution in [0.4, 0.5) is 10.1 Å². The molecule has 1 saturated heterocycles. The Balaban J connectivity index is 1.25. The summed E-state index contributed by atoms with van der Waals surface area (Å²) in [5.74, 6) is -2.31. The van der Waals surface area contributed by atoms with E-state index in [9.17, 15) is 23.6 Å². The van der Waals surface area contributed by atoms with Gasteiger partial charge in [0.15, 0.2) is 12.4 Å². The number of hydrogen-bond donors (Lipinski definition) is 0. The average Bonchev–Trinajstić information content (AvgIpc) is 3.42. The van der Waals surface area contributed by atoms with Gasteiger partial charge in [0, 0.05) is 5.56 Å². The Morgan fingerprint density at radius 1 is 0.969 bits per heavy atom. The van der Waals surface area contributed by atoms with Crippen LogP contribution in [0, 0.1) is 29.5 Å². The number of Topliss-reactive ketones (excluding diaryl/α,β-unsaturated/α-hetero) is 1. The number of ether oxygens (including phenoxy) is 1. The van der Waals surface area contributed by atoms with Gasteiger partial charge in [-0.15, -0.1) is 0 Å². The molecule has 1 aliphatic heterocycles. The molecule has 1 heterocycles.